The van der Waals surface area contributed by atoms with Crippen LogP contribution >= 0.6 is 7.92 Å². The molecule has 200 valence electrons. The first kappa shape index (κ1) is 29.2. The summed E-state index contributed by atoms with van der Waals surface area (Å²) in [4.78, 5) is 0. The van der Waals surface area contributed by atoms with E-state index in [4.69, 9.17) is 4.74 Å². The third kappa shape index (κ3) is 8.33. The predicted octanol–water partition coefficient (Wildman–Crippen LogP) is 6.54. The molecular weight excluding hydrogens is 532 g/mol. The predicted molar refractivity (Wildman–Crippen MR) is 148 cm³/mol. The fourth-order valence-electron chi connectivity index (χ4n) is 3.28. The van der Waals surface area contributed by atoms with Gasteiger partial charge in [0.25, 0.3) is 0 Å². The Labute approximate surface area is 222 Å². The minimum absolute atomic E-state index is 0.0807. The van der Waals surface area contributed by atoms with Crippen LogP contribution in [0.4, 0.5) is 13.2 Å². The van der Waals surface area contributed by atoms with Crippen molar-refractivity contribution in [1.82, 2.24) is 0 Å². The van der Waals surface area contributed by atoms with Crippen molar-refractivity contribution in [3.05, 3.63) is 115 Å². The average molecular weight is 561 g/mol. The van der Waals surface area contributed by atoms with Crippen LogP contribution in [-0.2, 0) is 10.1 Å². The fraction of sp³-hybridized carbons (Fsp3) is 0.172. The van der Waals surface area contributed by atoms with E-state index in [0.717, 1.165) is 6.07 Å². The molecule has 0 aliphatic carbocycles. The molecule has 9 heteroatoms. The molecule has 0 unspecified atom stereocenters. The van der Waals surface area contributed by atoms with E-state index in [1.54, 1.807) is 20.8 Å². The van der Waals surface area contributed by atoms with E-state index in [0.29, 0.717) is 0 Å². The standard InChI is InChI=1S/C18H15P.C11H13F3O4S/c1-4-10-16(11-5-1)19(17-12-6-2-7-13-17)18-14-8-3-9-15-18;1-10(2,3)17-8-6-4-5-7-9(8)18-19(15,16)11(12,13)14/h1-15H;4-7H,1-3H3. The zero-order valence-corrected chi connectivity index (χ0v) is 22.8. The van der Waals surface area contributed by atoms with Gasteiger partial charge in [0.1, 0.15) is 5.60 Å². The monoisotopic (exact) mass is 560 g/mol. The Balaban J connectivity index is 0.000000211. The molecule has 0 fully saturated rings. The van der Waals surface area contributed by atoms with Gasteiger partial charge in [0.2, 0.25) is 0 Å². The minimum atomic E-state index is -5.71. The Kier molecular flexibility index (Phi) is 9.58. The molecule has 38 heavy (non-hydrogen) atoms. The minimum Gasteiger partial charge on any atom is -0.484 e. The molecule has 4 aromatic rings. The molecule has 0 aromatic heterocycles. The second-order valence-electron chi connectivity index (χ2n) is 8.99. The van der Waals surface area contributed by atoms with Crippen molar-refractivity contribution in [2.75, 3.05) is 0 Å². The molecule has 4 rings (SSSR count). The van der Waals surface area contributed by atoms with Crippen molar-refractivity contribution in [2.45, 2.75) is 31.9 Å². The molecule has 0 saturated carbocycles. The number of alkyl halides is 3. The van der Waals surface area contributed by atoms with E-state index in [2.05, 4.69) is 95.2 Å². The van der Waals surface area contributed by atoms with Gasteiger partial charge >= 0.3 is 15.6 Å². The molecule has 0 aliphatic rings. The van der Waals surface area contributed by atoms with Crippen LogP contribution in [0.1, 0.15) is 20.8 Å². The van der Waals surface area contributed by atoms with Gasteiger partial charge in [-0.3, -0.25) is 0 Å². The Morgan fingerprint density at radius 2 is 0.921 bits per heavy atom. The summed E-state index contributed by atoms with van der Waals surface area (Å²) >= 11 is 0. The van der Waals surface area contributed by atoms with Crippen molar-refractivity contribution in [2.24, 2.45) is 0 Å². The zero-order chi connectivity index (χ0) is 27.8. The third-order valence-electron chi connectivity index (χ3n) is 4.79. The lowest BCUT2D eigenvalue weighted by molar-refractivity contribution is -0.0501. The number of benzene rings is 4. The van der Waals surface area contributed by atoms with Crippen molar-refractivity contribution in [1.29, 1.82) is 0 Å². The van der Waals surface area contributed by atoms with Gasteiger partial charge in [0.15, 0.2) is 11.5 Å². The number of para-hydroxylation sites is 2. The Morgan fingerprint density at radius 3 is 1.26 bits per heavy atom. The van der Waals surface area contributed by atoms with Crippen LogP contribution in [-0.4, -0.2) is 19.5 Å². The van der Waals surface area contributed by atoms with E-state index in [1.807, 2.05) is 0 Å². The lowest BCUT2D eigenvalue weighted by Gasteiger charge is -2.22. The molecule has 0 spiro atoms. The molecular formula is C29H28F3O4PS. The topological polar surface area (TPSA) is 52.6 Å². The summed E-state index contributed by atoms with van der Waals surface area (Å²) in [6.45, 7) is 5.01. The van der Waals surface area contributed by atoms with E-state index in [9.17, 15) is 21.6 Å². The smallest absolute Gasteiger partial charge is 0.484 e. The lowest BCUT2D eigenvalue weighted by Crippen LogP contribution is -2.29. The van der Waals surface area contributed by atoms with Crippen molar-refractivity contribution < 1.29 is 30.5 Å². The number of ether oxygens (including phenoxy) is 1. The second-order valence-corrected chi connectivity index (χ2v) is 12.7. The summed E-state index contributed by atoms with van der Waals surface area (Å²) in [6.07, 6.45) is 0. The van der Waals surface area contributed by atoms with Crippen LogP contribution in [0.15, 0.2) is 115 Å². The molecule has 0 N–H and O–H groups in total. The first-order chi connectivity index (χ1) is 17.9. The maximum absolute atomic E-state index is 12.2. The van der Waals surface area contributed by atoms with Crippen LogP contribution in [0, 0.1) is 0 Å². The molecule has 0 radical (unpaired) electrons. The number of rotatable bonds is 6. The summed E-state index contributed by atoms with van der Waals surface area (Å²) in [5.41, 5.74) is -6.19. The van der Waals surface area contributed by atoms with E-state index in [1.165, 1.54) is 34.1 Å². The van der Waals surface area contributed by atoms with Gasteiger partial charge in [-0.25, -0.2) is 0 Å². The Morgan fingerprint density at radius 1 is 0.579 bits per heavy atom. The largest absolute Gasteiger partial charge is 0.534 e. The highest BCUT2D eigenvalue weighted by molar-refractivity contribution is 7.88. The summed E-state index contributed by atoms with van der Waals surface area (Å²) in [6, 6.07) is 37.6. The quantitative estimate of drug-likeness (QED) is 0.153. The summed E-state index contributed by atoms with van der Waals surface area (Å²) in [7, 11) is -6.15. The summed E-state index contributed by atoms with van der Waals surface area (Å²) < 4.78 is 68.0. The zero-order valence-electron chi connectivity index (χ0n) is 21.1. The van der Waals surface area contributed by atoms with Gasteiger partial charge in [0, 0.05) is 0 Å². The number of hydrogen-bond donors (Lipinski definition) is 0. The first-order valence-electron chi connectivity index (χ1n) is 11.6. The molecule has 0 atom stereocenters. The molecule has 4 nitrogen and oxygen atoms in total. The van der Waals surface area contributed by atoms with Gasteiger partial charge < -0.3 is 8.92 Å². The van der Waals surface area contributed by atoms with Gasteiger partial charge in [-0.05, 0) is 56.7 Å². The Hall–Kier alpha value is -3.35. The van der Waals surface area contributed by atoms with Crippen LogP contribution in [0.5, 0.6) is 11.5 Å². The van der Waals surface area contributed by atoms with E-state index in [-0.39, 0.29) is 5.75 Å². The molecule has 0 bridgehead atoms. The SMILES string of the molecule is CC(C)(C)Oc1ccccc1OS(=O)(=O)C(F)(F)F.c1ccc(P(c2ccccc2)c2ccccc2)cc1. The highest BCUT2D eigenvalue weighted by atomic mass is 32.2. The average Bonchev–Trinajstić information content (AvgIpc) is 2.86. The van der Waals surface area contributed by atoms with Crippen LogP contribution < -0.4 is 24.8 Å². The maximum Gasteiger partial charge on any atom is 0.534 e. The molecule has 0 heterocycles. The van der Waals surface area contributed by atoms with Crippen LogP contribution in [0.2, 0.25) is 0 Å². The van der Waals surface area contributed by atoms with Crippen molar-refractivity contribution in [3.8, 4) is 11.5 Å². The highest BCUT2D eigenvalue weighted by Gasteiger charge is 2.49. The number of halogens is 3. The van der Waals surface area contributed by atoms with Gasteiger partial charge in [-0.1, -0.05) is 103 Å². The normalized spacial score (nSPS) is 11.9. The Bertz CT molecular complexity index is 1300. The van der Waals surface area contributed by atoms with Crippen molar-refractivity contribution in [3.63, 3.8) is 0 Å². The van der Waals surface area contributed by atoms with E-state index >= 15 is 0 Å². The van der Waals surface area contributed by atoms with Gasteiger partial charge in [0.05, 0.1) is 0 Å². The molecule has 0 aliphatic heterocycles. The summed E-state index contributed by atoms with van der Waals surface area (Å²) in [5, 5.41) is 4.19. The summed E-state index contributed by atoms with van der Waals surface area (Å²) in [5.74, 6) is -0.586. The fourth-order valence-corrected chi connectivity index (χ4v) is 6.05. The van der Waals surface area contributed by atoms with Crippen molar-refractivity contribution >= 4 is 34.0 Å². The lowest BCUT2D eigenvalue weighted by atomic mass is 10.2. The molecule has 0 amide bonds. The molecule has 4 aromatic carbocycles. The maximum atomic E-state index is 12.2. The highest BCUT2D eigenvalue weighted by Crippen LogP contribution is 2.34. The van der Waals surface area contributed by atoms with E-state index < -0.39 is 34.9 Å². The first-order valence-corrected chi connectivity index (χ1v) is 14.4. The van der Waals surface area contributed by atoms with Crippen LogP contribution in [0.25, 0.3) is 0 Å². The third-order valence-corrected chi connectivity index (χ3v) is 8.20. The van der Waals surface area contributed by atoms with Gasteiger partial charge in [-0.15, -0.1) is 0 Å². The van der Waals surface area contributed by atoms with Crippen LogP contribution in [0.3, 0.4) is 0 Å². The molecule has 0 saturated heterocycles. The second kappa shape index (κ2) is 12.5. The van der Waals surface area contributed by atoms with Gasteiger partial charge in [-0.2, -0.15) is 21.6 Å². The number of hydrogen-bond acceptors (Lipinski definition) is 4.